The Bertz CT molecular complexity index is 446. The summed E-state index contributed by atoms with van der Waals surface area (Å²) in [6.07, 6.45) is 4.02. The number of rotatable bonds is 8. The van der Waals surface area contributed by atoms with Gasteiger partial charge in [0, 0.05) is 13.1 Å². The molecule has 0 atom stereocenters. The predicted octanol–water partition coefficient (Wildman–Crippen LogP) is 2.14. The first kappa shape index (κ1) is 16.1. The number of pyridine rings is 1. The van der Waals surface area contributed by atoms with Crippen LogP contribution in [0.5, 0.6) is 0 Å². The molecule has 0 aliphatic rings. The van der Waals surface area contributed by atoms with E-state index in [0.717, 1.165) is 25.7 Å². The Balaban J connectivity index is 2.58. The molecule has 2 amide bonds. The van der Waals surface area contributed by atoms with Crippen LogP contribution in [0.15, 0.2) is 18.2 Å². The standard InChI is InChI=1S/C15H23N3O2/c1-3-5-6-11-17-15(20)13-9-7-8-12(18-13)14(19)16-10-4-2/h7-9H,3-6,10-11H2,1-2H3,(H,16,19)(H,17,20). The van der Waals surface area contributed by atoms with Crippen LogP contribution in [0.3, 0.4) is 0 Å². The predicted molar refractivity (Wildman–Crippen MR) is 78.7 cm³/mol. The molecule has 20 heavy (non-hydrogen) atoms. The minimum Gasteiger partial charge on any atom is -0.351 e. The normalized spacial score (nSPS) is 10.1. The lowest BCUT2D eigenvalue weighted by Crippen LogP contribution is -2.28. The SMILES string of the molecule is CCCCCNC(=O)c1cccc(C(=O)NCCC)n1. The first-order valence-corrected chi connectivity index (χ1v) is 7.22. The highest BCUT2D eigenvalue weighted by Crippen LogP contribution is 2.00. The van der Waals surface area contributed by atoms with Crippen molar-refractivity contribution in [2.24, 2.45) is 0 Å². The van der Waals surface area contributed by atoms with Crippen LogP contribution in [0.4, 0.5) is 0 Å². The zero-order valence-electron chi connectivity index (χ0n) is 12.2. The molecular formula is C15H23N3O2. The topological polar surface area (TPSA) is 71.1 Å². The lowest BCUT2D eigenvalue weighted by molar-refractivity contribution is 0.0944. The molecule has 0 radical (unpaired) electrons. The molecule has 1 aromatic rings. The lowest BCUT2D eigenvalue weighted by Gasteiger charge is -2.06. The molecule has 0 spiro atoms. The summed E-state index contributed by atoms with van der Waals surface area (Å²) in [7, 11) is 0. The molecule has 1 rings (SSSR count). The Kier molecular flexibility index (Phi) is 7.32. The van der Waals surface area contributed by atoms with Gasteiger partial charge < -0.3 is 10.6 Å². The first-order chi connectivity index (χ1) is 9.69. The van der Waals surface area contributed by atoms with E-state index in [-0.39, 0.29) is 23.2 Å². The number of carbonyl (C=O) groups excluding carboxylic acids is 2. The number of carbonyl (C=O) groups is 2. The second kappa shape index (κ2) is 9.07. The van der Waals surface area contributed by atoms with Crippen molar-refractivity contribution in [3.05, 3.63) is 29.6 Å². The number of hydrogen-bond donors (Lipinski definition) is 2. The van der Waals surface area contributed by atoms with Crippen molar-refractivity contribution in [1.82, 2.24) is 15.6 Å². The summed E-state index contributed by atoms with van der Waals surface area (Å²) in [6.45, 7) is 5.34. The molecule has 0 aromatic carbocycles. The molecule has 0 saturated carbocycles. The van der Waals surface area contributed by atoms with Gasteiger partial charge in [-0.1, -0.05) is 32.8 Å². The molecule has 0 saturated heterocycles. The number of nitrogens with one attached hydrogen (secondary N) is 2. The van der Waals surface area contributed by atoms with Crippen LogP contribution < -0.4 is 10.6 Å². The molecule has 5 nitrogen and oxygen atoms in total. The highest BCUT2D eigenvalue weighted by Gasteiger charge is 2.11. The summed E-state index contributed by atoms with van der Waals surface area (Å²) in [4.78, 5) is 27.8. The van der Waals surface area contributed by atoms with E-state index in [0.29, 0.717) is 13.1 Å². The largest absolute Gasteiger partial charge is 0.351 e. The fraction of sp³-hybridized carbons (Fsp3) is 0.533. The van der Waals surface area contributed by atoms with E-state index in [1.165, 1.54) is 0 Å². The van der Waals surface area contributed by atoms with Crippen molar-refractivity contribution in [1.29, 1.82) is 0 Å². The number of nitrogens with zero attached hydrogens (tertiary/aromatic N) is 1. The van der Waals surface area contributed by atoms with Crippen molar-refractivity contribution in [3.63, 3.8) is 0 Å². The summed E-state index contributed by atoms with van der Waals surface area (Å²) in [5, 5.41) is 5.55. The van der Waals surface area contributed by atoms with Crippen molar-refractivity contribution in [3.8, 4) is 0 Å². The summed E-state index contributed by atoms with van der Waals surface area (Å²) >= 11 is 0. The lowest BCUT2D eigenvalue weighted by atomic mass is 10.2. The quantitative estimate of drug-likeness (QED) is 0.715. The van der Waals surface area contributed by atoms with E-state index in [2.05, 4.69) is 22.5 Å². The fourth-order valence-electron chi connectivity index (χ4n) is 1.68. The van der Waals surface area contributed by atoms with Gasteiger partial charge in [-0.15, -0.1) is 0 Å². The Morgan fingerprint density at radius 2 is 1.55 bits per heavy atom. The molecule has 0 fully saturated rings. The van der Waals surface area contributed by atoms with Gasteiger partial charge in [0.15, 0.2) is 0 Å². The molecule has 0 aliphatic heterocycles. The smallest absolute Gasteiger partial charge is 0.269 e. The zero-order valence-corrected chi connectivity index (χ0v) is 12.2. The fourth-order valence-corrected chi connectivity index (χ4v) is 1.68. The average molecular weight is 277 g/mol. The summed E-state index contributed by atoms with van der Waals surface area (Å²) < 4.78 is 0. The molecule has 0 unspecified atom stereocenters. The zero-order chi connectivity index (χ0) is 14.8. The molecule has 1 aromatic heterocycles. The van der Waals surface area contributed by atoms with Crippen LogP contribution in [-0.4, -0.2) is 29.9 Å². The maximum absolute atomic E-state index is 11.9. The molecule has 0 bridgehead atoms. The van der Waals surface area contributed by atoms with Crippen LogP contribution >= 0.6 is 0 Å². The van der Waals surface area contributed by atoms with Gasteiger partial charge in [-0.25, -0.2) is 4.98 Å². The maximum atomic E-state index is 11.9. The van der Waals surface area contributed by atoms with Gasteiger partial charge in [0.1, 0.15) is 11.4 Å². The van der Waals surface area contributed by atoms with E-state index in [1.807, 2.05) is 6.92 Å². The molecular weight excluding hydrogens is 254 g/mol. The van der Waals surface area contributed by atoms with E-state index >= 15 is 0 Å². The van der Waals surface area contributed by atoms with E-state index in [1.54, 1.807) is 18.2 Å². The minimum absolute atomic E-state index is 0.230. The first-order valence-electron chi connectivity index (χ1n) is 7.22. The third-order valence-electron chi connectivity index (χ3n) is 2.82. The number of aromatic nitrogens is 1. The number of unbranched alkanes of at least 4 members (excludes halogenated alkanes) is 2. The summed E-state index contributed by atoms with van der Waals surface area (Å²) in [5.41, 5.74) is 0.560. The molecule has 1 heterocycles. The monoisotopic (exact) mass is 277 g/mol. The van der Waals surface area contributed by atoms with E-state index < -0.39 is 0 Å². The molecule has 2 N–H and O–H groups in total. The van der Waals surface area contributed by atoms with Crippen LogP contribution in [-0.2, 0) is 0 Å². The van der Waals surface area contributed by atoms with Gasteiger partial charge in [-0.2, -0.15) is 0 Å². The van der Waals surface area contributed by atoms with Crippen molar-refractivity contribution >= 4 is 11.8 Å². The second-order valence-electron chi connectivity index (χ2n) is 4.63. The molecule has 0 aliphatic carbocycles. The Hall–Kier alpha value is -1.91. The molecule has 110 valence electrons. The van der Waals surface area contributed by atoms with Crippen molar-refractivity contribution < 1.29 is 9.59 Å². The summed E-state index contributed by atoms with van der Waals surface area (Å²) in [6, 6.07) is 4.90. The van der Waals surface area contributed by atoms with Gasteiger partial charge in [0.05, 0.1) is 0 Å². The van der Waals surface area contributed by atoms with Crippen LogP contribution in [0.1, 0.15) is 60.5 Å². The van der Waals surface area contributed by atoms with Crippen LogP contribution in [0.25, 0.3) is 0 Å². The highest BCUT2D eigenvalue weighted by atomic mass is 16.2. The second-order valence-corrected chi connectivity index (χ2v) is 4.63. The number of hydrogen-bond acceptors (Lipinski definition) is 3. The number of amides is 2. The third kappa shape index (κ3) is 5.38. The Morgan fingerprint density at radius 3 is 2.10 bits per heavy atom. The van der Waals surface area contributed by atoms with E-state index in [4.69, 9.17) is 0 Å². The Morgan fingerprint density at radius 1 is 0.950 bits per heavy atom. The van der Waals surface area contributed by atoms with Gasteiger partial charge >= 0.3 is 0 Å². The van der Waals surface area contributed by atoms with Crippen molar-refractivity contribution in [2.75, 3.05) is 13.1 Å². The van der Waals surface area contributed by atoms with Gasteiger partial charge in [-0.3, -0.25) is 9.59 Å². The molecule has 5 heteroatoms. The highest BCUT2D eigenvalue weighted by molar-refractivity contribution is 5.96. The van der Waals surface area contributed by atoms with Crippen LogP contribution in [0, 0.1) is 0 Å². The Labute approximate surface area is 120 Å². The third-order valence-corrected chi connectivity index (χ3v) is 2.82. The van der Waals surface area contributed by atoms with Gasteiger partial charge in [0.25, 0.3) is 11.8 Å². The van der Waals surface area contributed by atoms with Gasteiger partial charge in [-0.05, 0) is 25.0 Å². The van der Waals surface area contributed by atoms with Crippen molar-refractivity contribution in [2.45, 2.75) is 39.5 Å². The summed E-state index contributed by atoms with van der Waals surface area (Å²) in [5.74, 6) is -0.473. The van der Waals surface area contributed by atoms with Gasteiger partial charge in [0.2, 0.25) is 0 Å². The van der Waals surface area contributed by atoms with Crippen LogP contribution in [0.2, 0.25) is 0 Å². The average Bonchev–Trinajstić information content (AvgIpc) is 2.49. The maximum Gasteiger partial charge on any atom is 0.269 e. The minimum atomic E-state index is -0.243. The van der Waals surface area contributed by atoms with E-state index in [9.17, 15) is 9.59 Å².